The van der Waals surface area contributed by atoms with Gasteiger partial charge in [0, 0.05) is 5.70 Å². The maximum Gasteiger partial charge on any atom is 0.0637 e. The minimum atomic E-state index is -0.419. The summed E-state index contributed by atoms with van der Waals surface area (Å²) in [4.78, 5) is 0. The molecular weight excluding hydrogens is 364 g/mol. The fourth-order valence-corrected chi connectivity index (χ4v) is 4.65. The zero-order valence-electron chi connectivity index (χ0n) is 19.7. The van der Waals surface area contributed by atoms with Crippen LogP contribution in [0.3, 0.4) is 0 Å². The van der Waals surface area contributed by atoms with Crippen LogP contribution in [0.15, 0.2) is 42.1 Å². The molecule has 1 atom stereocenters. The van der Waals surface area contributed by atoms with Gasteiger partial charge in [0.2, 0.25) is 0 Å². The molecule has 4 N–H and O–H groups in total. The molecule has 1 aromatic rings. The molecule has 0 aromatic heterocycles. The lowest BCUT2D eigenvalue weighted by Gasteiger charge is -2.31. The number of allylic oxidation sites excluding steroid dienone is 1. The topological polar surface area (TPSA) is 52.0 Å². The molecule has 0 saturated heterocycles. The normalized spacial score (nSPS) is 18.6. The van der Waals surface area contributed by atoms with Crippen molar-refractivity contribution in [3.63, 3.8) is 0 Å². The molecule has 0 aliphatic heterocycles. The van der Waals surface area contributed by atoms with Crippen molar-refractivity contribution in [3.05, 3.63) is 58.8 Å². The van der Waals surface area contributed by atoms with Gasteiger partial charge in [-0.05, 0) is 54.9 Å². The maximum absolute atomic E-state index is 6.91. The van der Waals surface area contributed by atoms with Gasteiger partial charge < -0.3 is 11.5 Å². The second kappa shape index (κ2) is 13.7. The third-order valence-electron chi connectivity index (χ3n) is 6.60. The Morgan fingerprint density at radius 1 is 0.800 bits per heavy atom. The van der Waals surface area contributed by atoms with E-state index in [1.807, 2.05) is 6.08 Å². The van der Waals surface area contributed by atoms with Crippen LogP contribution in [0.4, 0.5) is 0 Å². The molecule has 1 aliphatic carbocycles. The Hall–Kier alpha value is -1.54. The zero-order valence-corrected chi connectivity index (χ0v) is 19.7. The van der Waals surface area contributed by atoms with Crippen LogP contribution in [-0.4, -0.2) is 0 Å². The van der Waals surface area contributed by atoms with Gasteiger partial charge in [0.15, 0.2) is 0 Å². The van der Waals surface area contributed by atoms with E-state index in [1.165, 1.54) is 100 Å². The van der Waals surface area contributed by atoms with E-state index in [1.54, 1.807) is 0 Å². The summed E-state index contributed by atoms with van der Waals surface area (Å²) < 4.78 is 0. The minimum Gasteiger partial charge on any atom is -0.399 e. The summed E-state index contributed by atoms with van der Waals surface area (Å²) in [5.41, 5.74) is 17.7. The van der Waals surface area contributed by atoms with E-state index in [2.05, 4.69) is 44.2 Å². The molecule has 1 aromatic carbocycles. The monoisotopic (exact) mass is 410 g/mol. The van der Waals surface area contributed by atoms with Gasteiger partial charge in [0.1, 0.15) is 0 Å². The van der Waals surface area contributed by atoms with Crippen molar-refractivity contribution in [2.75, 3.05) is 0 Å². The summed E-state index contributed by atoms with van der Waals surface area (Å²) in [6.07, 6.45) is 25.4. The highest BCUT2D eigenvalue weighted by Crippen LogP contribution is 2.33. The molecule has 1 aliphatic rings. The Labute approximate surface area is 186 Å². The molecule has 30 heavy (non-hydrogen) atoms. The summed E-state index contributed by atoms with van der Waals surface area (Å²) in [5, 5.41) is 0. The van der Waals surface area contributed by atoms with Gasteiger partial charge in [0.05, 0.1) is 5.54 Å². The Bertz CT molecular complexity index is 673. The van der Waals surface area contributed by atoms with E-state index < -0.39 is 5.54 Å². The summed E-state index contributed by atoms with van der Waals surface area (Å²) in [7, 11) is 0. The fraction of sp³-hybridized carbons (Fsp3) is 0.643. The third kappa shape index (κ3) is 7.95. The molecule has 2 heteroatoms. The summed E-state index contributed by atoms with van der Waals surface area (Å²) in [6.45, 7) is 4.57. The van der Waals surface area contributed by atoms with E-state index in [-0.39, 0.29) is 0 Å². The molecule has 0 fully saturated rings. The van der Waals surface area contributed by atoms with Gasteiger partial charge in [-0.1, -0.05) is 108 Å². The van der Waals surface area contributed by atoms with E-state index in [9.17, 15) is 0 Å². The summed E-state index contributed by atoms with van der Waals surface area (Å²) in [6, 6.07) is 6.83. The average molecular weight is 411 g/mol. The largest absolute Gasteiger partial charge is 0.399 e. The Kier molecular flexibility index (Phi) is 11.3. The van der Waals surface area contributed by atoms with Crippen molar-refractivity contribution in [2.45, 2.75) is 116 Å². The Morgan fingerprint density at radius 2 is 1.40 bits per heavy atom. The van der Waals surface area contributed by atoms with E-state index >= 15 is 0 Å². The van der Waals surface area contributed by atoms with Crippen molar-refractivity contribution in [2.24, 2.45) is 11.5 Å². The smallest absolute Gasteiger partial charge is 0.0637 e. The van der Waals surface area contributed by atoms with Crippen LogP contribution >= 0.6 is 0 Å². The van der Waals surface area contributed by atoms with Crippen LogP contribution in [0.1, 0.15) is 114 Å². The minimum absolute atomic E-state index is 0.419. The van der Waals surface area contributed by atoms with Gasteiger partial charge >= 0.3 is 0 Å². The molecule has 0 bridgehead atoms. The molecule has 0 heterocycles. The van der Waals surface area contributed by atoms with Crippen LogP contribution in [0.5, 0.6) is 0 Å². The van der Waals surface area contributed by atoms with E-state index in [0.29, 0.717) is 0 Å². The van der Waals surface area contributed by atoms with Crippen LogP contribution in [-0.2, 0) is 18.4 Å². The standard InChI is InChI=1S/C28H46N2/c1-3-5-7-9-11-13-16-24-17-15-19-27(28(30)22-20-25(29)21-23-28)26(24)18-14-12-10-8-6-4-2/h15,17,19-22H,3-14,16,18,23,29-30H2,1-2H3. The molecule has 168 valence electrons. The van der Waals surface area contributed by atoms with Gasteiger partial charge in [-0.3, -0.25) is 0 Å². The third-order valence-corrected chi connectivity index (χ3v) is 6.60. The number of aryl methyl sites for hydroxylation is 1. The number of rotatable bonds is 15. The van der Waals surface area contributed by atoms with Crippen molar-refractivity contribution in [1.29, 1.82) is 0 Å². The molecule has 0 radical (unpaired) electrons. The fourth-order valence-electron chi connectivity index (χ4n) is 4.65. The summed E-state index contributed by atoms with van der Waals surface area (Å²) in [5.74, 6) is 0. The predicted molar refractivity (Wildman–Crippen MR) is 132 cm³/mol. The van der Waals surface area contributed by atoms with Crippen molar-refractivity contribution >= 4 is 0 Å². The average Bonchev–Trinajstić information content (AvgIpc) is 2.75. The predicted octanol–water partition coefficient (Wildman–Crippen LogP) is 7.45. The molecule has 1 unspecified atom stereocenters. The Morgan fingerprint density at radius 3 is 2.00 bits per heavy atom. The first-order valence-corrected chi connectivity index (χ1v) is 12.7. The zero-order chi connectivity index (χ0) is 21.7. The molecule has 2 nitrogen and oxygen atoms in total. The van der Waals surface area contributed by atoms with Gasteiger partial charge in [-0.2, -0.15) is 0 Å². The van der Waals surface area contributed by atoms with E-state index in [0.717, 1.165) is 18.5 Å². The van der Waals surface area contributed by atoms with Crippen LogP contribution in [0.25, 0.3) is 0 Å². The second-order valence-corrected chi connectivity index (χ2v) is 9.26. The lowest BCUT2D eigenvalue weighted by Crippen LogP contribution is -2.37. The Balaban J connectivity index is 2.08. The quantitative estimate of drug-likeness (QED) is 0.295. The van der Waals surface area contributed by atoms with Crippen LogP contribution in [0.2, 0.25) is 0 Å². The van der Waals surface area contributed by atoms with Gasteiger partial charge in [-0.25, -0.2) is 0 Å². The number of nitrogens with two attached hydrogens (primary N) is 2. The lowest BCUT2D eigenvalue weighted by atomic mass is 9.78. The van der Waals surface area contributed by atoms with Crippen molar-refractivity contribution in [1.82, 2.24) is 0 Å². The second-order valence-electron chi connectivity index (χ2n) is 9.26. The lowest BCUT2D eigenvalue weighted by molar-refractivity contribution is 0.546. The summed E-state index contributed by atoms with van der Waals surface area (Å²) >= 11 is 0. The van der Waals surface area contributed by atoms with Crippen molar-refractivity contribution in [3.8, 4) is 0 Å². The van der Waals surface area contributed by atoms with E-state index in [4.69, 9.17) is 11.5 Å². The number of benzene rings is 1. The highest BCUT2D eigenvalue weighted by molar-refractivity contribution is 5.45. The molecule has 0 amide bonds. The van der Waals surface area contributed by atoms with Gasteiger partial charge in [-0.15, -0.1) is 0 Å². The highest BCUT2D eigenvalue weighted by atomic mass is 14.7. The molecule has 2 rings (SSSR count). The molecule has 0 saturated carbocycles. The maximum atomic E-state index is 6.91. The first-order valence-electron chi connectivity index (χ1n) is 12.7. The highest BCUT2D eigenvalue weighted by Gasteiger charge is 2.28. The number of hydrogen-bond donors (Lipinski definition) is 2. The molecule has 0 spiro atoms. The van der Waals surface area contributed by atoms with Crippen LogP contribution in [0, 0.1) is 0 Å². The first-order chi connectivity index (χ1) is 14.6. The number of unbranched alkanes of at least 4 members (excludes halogenated alkanes) is 10. The van der Waals surface area contributed by atoms with Crippen molar-refractivity contribution < 1.29 is 0 Å². The first kappa shape index (κ1) is 24.7. The van der Waals surface area contributed by atoms with Gasteiger partial charge in [0.25, 0.3) is 0 Å². The number of hydrogen-bond acceptors (Lipinski definition) is 2. The van der Waals surface area contributed by atoms with Crippen LogP contribution < -0.4 is 11.5 Å². The SMILES string of the molecule is CCCCCCCCc1cccc(C2(N)C=CC(N)=CC2)c1CCCCCCCC. The molecular formula is C28H46N2.